The van der Waals surface area contributed by atoms with Crippen LogP contribution in [0.4, 0.5) is 0 Å². The molecule has 0 saturated heterocycles. The highest BCUT2D eigenvalue weighted by atomic mass is 15.5. The second-order valence-electron chi connectivity index (χ2n) is 5.44. The molecule has 2 unspecified atom stereocenters. The predicted molar refractivity (Wildman–Crippen MR) is 82.2 cm³/mol. The molecule has 0 heterocycles. The van der Waals surface area contributed by atoms with Crippen LogP contribution in [0, 0.1) is 11.8 Å². The molecule has 0 aromatic heterocycles. The van der Waals surface area contributed by atoms with Crippen molar-refractivity contribution in [1.29, 1.82) is 0 Å². The smallest absolute Gasteiger partial charge is 0.0485 e. The number of rotatable bonds is 10. The van der Waals surface area contributed by atoms with Gasteiger partial charge in [-0.15, -0.1) is 6.58 Å². The van der Waals surface area contributed by atoms with Gasteiger partial charge >= 0.3 is 0 Å². The summed E-state index contributed by atoms with van der Waals surface area (Å²) in [6.45, 7) is 16.9. The first-order chi connectivity index (χ1) is 8.47. The van der Waals surface area contributed by atoms with Crippen molar-refractivity contribution in [3.05, 3.63) is 24.9 Å². The van der Waals surface area contributed by atoms with Crippen LogP contribution in [-0.2, 0) is 0 Å². The fourth-order valence-electron chi connectivity index (χ4n) is 2.60. The Kier molecular flexibility index (Phi) is 8.82. The predicted octanol–water partition coefficient (Wildman–Crippen LogP) is 4.36. The average molecular weight is 252 g/mol. The van der Waals surface area contributed by atoms with Crippen LogP contribution in [-0.4, -0.2) is 18.1 Å². The summed E-state index contributed by atoms with van der Waals surface area (Å²) in [5.41, 5.74) is 4.27. The molecule has 0 bridgehead atoms. The summed E-state index contributed by atoms with van der Waals surface area (Å²) in [7, 11) is 1.95. The fraction of sp³-hybridized carbons (Fsp3) is 0.750. The van der Waals surface area contributed by atoms with Gasteiger partial charge < -0.3 is 5.01 Å². The monoisotopic (exact) mass is 252 g/mol. The quantitative estimate of drug-likeness (QED) is 0.459. The molecule has 0 radical (unpaired) electrons. The van der Waals surface area contributed by atoms with Gasteiger partial charge in [0, 0.05) is 18.8 Å². The highest BCUT2D eigenvalue weighted by molar-refractivity contribution is 4.95. The van der Waals surface area contributed by atoms with Gasteiger partial charge in [-0.2, -0.15) is 0 Å². The van der Waals surface area contributed by atoms with Gasteiger partial charge in [-0.05, 0) is 32.1 Å². The molecule has 0 rings (SSSR count). The van der Waals surface area contributed by atoms with E-state index in [0.717, 1.165) is 11.6 Å². The van der Waals surface area contributed by atoms with Gasteiger partial charge in [0.25, 0.3) is 0 Å². The molecule has 2 nitrogen and oxygen atoms in total. The van der Waals surface area contributed by atoms with E-state index in [0.29, 0.717) is 12.0 Å². The summed E-state index contributed by atoms with van der Waals surface area (Å²) in [5.74, 6) is 1.32. The lowest BCUT2D eigenvalue weighted by atomic mass is 9.90. The molecule has 18 heavy (non-hydrogen) atoms. The highest BCUT2D eigenvalue weighted by Crippen LogP contribution is 2.23. The van der Waals surface area contributed by atoms with Gasteiger partial charge in [-0.1, -0.05) is 45.8 Å². The van der Waals surface area contributed by atoms with Crippen molar-refractivity contribution in [2.75, 3.05) is 7.05 Å². The van der Waals surface area contributed by atoms with Crippen LogP contribution in [0.2, 0.25) is 0 Å². The van der Waals surface area contributed by atoms with Crippen molar-refractivity contribution in [2.45, 2.75) is 59.4 Å². The first-order valence-electron chi connectivity index (χ1n) is 7.22. The Morgan fingerprint density at radius 2 is 1.89 bits per heavy atom. The molecule has 0 amide bonds. The number of hydrogen-bond acceptors (Lipinski definition) is 2. The standard InChI is InChI=1S/C16H32N2/c1-8-10-14(5)11-12-16(9-2)15(6)18(17-7)13(3)4/h9,14-17H,2-3,8,10-12H2,1,4-7H3/t14?,15-,16?/m0/s1. The molecule has 0 aromatic rings. The molecule has 0 fully saturated rings. The maximum absolute atomic E-state index is 4.02. The van der Waals surface area contributed by atoms with E-state index in [-0.39, 0.29) is 0 Å². The molecule has 0 aliphatic heterocycles. The van der Waals surface area contributed by atoms with Crippen LogP contribution in [0.25, 0.3) is 0 Å². The number of hydrogen-bond donors (Lipinski definition) is 1. The van der Waals surface area contributed by atoms with Gasteiger partial charge in [0.05, 0.1) is 0 Å². The summed E-state index contributed by atoms with van der Waals surface area (Å²) in [6.07, 6.45) is 7.19. The van der Waals surface area contributed by atoms with Gasteiger partial charge in [-0.25, -0.2) is 5.43 Å². The summed E-state index contributed by atoms with van der Waals surface area (Å²) in [6, 6.07) is 0.402. The minimum Gasteiger partial charge on any atom is -0.310 e. The second-order valence-corrected chi connectivity index (χ2v) is 5.44. The lowest BCUT2D eigenvalue weighted by molar-refractivity contribution is 0.161. The molecule has 1 N–H and O–H groups in total. The van der Waals surface area contributed by atoms with Crippen LogP contribution in [0.5, 0.6) is 0 Å². The van der Waals surface area contributed by atoms with Crippen molar-refractivity contribution < 1.29 is 0 Å². The number of hydrazine groups is 1. The third kappa shape index (κ3) is 5.72. The van der Waals surface area contributed by atoms with Crippen molar-refractivity contribution in [1.82, 2.24) is 10.4 Å². The molecule has 0 saturated carbocycles. The fourth-order valence-corrected chi connectivity index (χ4v) is 2.60. The van der Waals surface area contributed by atoms with Gasteiger partial charge in [0.1, 0.15) is 0 Å². The Morgan fingerprint density at radius 3 is 2.28 bits per heavy atom. The van der Waals surface area contributed by atoms with Crippen LogP contribution in [0.15, 0.2) is 24.9 Å². The molecule has 0 aromatic carbocycles. The molecule has 2 heteroatoms. The van der Waals surface area contributed by atoms with Crippen molar-refractivity contribution in [3.63, 3.8) is 0 Å². The Morgan fingerprint density at radius 1 is 1.28 bits per heavy atom. The van der Waals surface area contributed by atoms with E-state index in [2.05, 4.69) is 50.4 Å². The zero-order valence-corrected chi connectivity index (χ0v) is 13.0. The molecule has 0 aliphatic rings. The summed E-state index contributed by atoms with van der Waals surface area (Å²) in [4.78, 5) is 0. The summed E-state index contributed by atoms with van der Waals surface area (Å²) >= 11 is 0. The molecular formula is C16H32N2. The zero-order chi connectivity index (χ0) is 14.1. The van der Waals surface area contributed by atoms with Crippen molar-refractivity contribution in [2.24, 2.45) is 11.8 Å². The number of nitrogens with zero attached hydrogens (tertiary/aromatic N) is 1. The molecular weight excluding hydrogens is 220 g/mol. The zero-order valence-electron chi connectivity index (χ0n) is 13.0. The van der Waals surface area contributed by atoms with Crippen molar-refractivity contribution in [3.8, 4) is 0 Å². The third-order valence-electron chi connectivity index (χ3n) is 3.76. The van der Waals surface area contributed by atoms with Crippen LogP contribution in [0.3, 0.4) is 0 Å². The summed E-state index contributed by atoms with van der Waals surface area (Å²) < 4.78 is 0. The molecule has 0 aliphatic carbocycles. The lowest BCUT2D eigenvalue weighted by Gasteiger charge is -2.35. The number of allylic oxidation sites excluding steroid dienone is 1. The third-order valence-corrected chi connectivity index (χ3v) is 3.76. The summed E-state index contributed by atoms with van der Waals surface area (Å²) in [5, 5.41) is 2.14. The largest absolute Gasteiger partial charge is 0.310 e. The van der Waals surface area contributed by atoms with Gasteiger partial charge in [-0.3, -0.25) is 0 Å². The van der Waals surface area contributed by atoms with Crippen molar-refractivity contribution >= 4 is 0 Å². The maximum atomic E-state index is 4.02. The Hall–Kier alpha value is -0.760. The van der Waals surface area contributed by atoms with Crippen LogP contribution >= 0.6 is 0 Å². The van der Waals surface area contributed by atoms with Gasteiger partial charge in [0.15, 0.2) is 0 Å². The van der Waals surface area contributed by atoms with E-state index < -0.39 is 0 Å². The van der Waals surface area contributed by atoms with Crippen LogP contribution in [0.1, 0.15) is 53.4 Å². The SMILES string of the molecule is C=CC(CCC(C)CCC)[C@H](C)N(NC)C(=C)C. The maximum Gasteiger partial charge on any atom is 0.0485 e. The van der Waals surface area contributed by atoms with E-state index >= 15 is 0 Å². The topological polar surface area (TPSA) is 15.3 Å². The highest BCUT2D eigenvalue weighted by Gasteiger charge is 2.20. The molecule has 3 atom stereocenters. The number of nitrogens with one attached hydrogen (secondary N) is 1. The Bertz CT molecular complexity index is 247. The first kappa shape index (κ1) is 17.2. The second kappa shape index (κ2) is 9.21. The lowest BCUT2D eigenvalue weighted by Crippen LogP contribution is -2.44. The Labute approximate surface area is 114 Å². The van der Waals surface area contributed by atoms with E-state index in [4.69, 9.17) is 0 Å². The first-order valence-corrected chi connectivity index (χ1v) is 7.22. The minimum absolute atomic E-state index is 0.402. The van der Waals surface area contributed by atoms with E-state index in [9.17, 15) is 0 Å². The molecule has 0 spiro atoms. The normalized spacial score (nSPS) is 15.8. The van der Waals surface area contributed by atoms with E-state index in [1.807, 2.05) is 14.0 Å². The average Bonchev–Trinajstić information content (AvgIpc) is 2.30. The van der Waals surface area contributed by atoms with Crippen LogP contribution < -0.4 is 5.43 Å². The van der Waals surface area contributed by atoms with E-state index in [1.165, 1.54) is 25.7 Å². The van der Waals surface area contributed by atoms with E-state index in [1.54, 1.807) is 0 Å². The minimum atomic E-state index is 0.402. The Balaban J connectivity index is 4.38. The molecule has 106 valence electrons. The van der Waals surface area contributed by atoms with Gasteiger partial charge in [0.2, 0.25) is 0 Å².